The van der Waals surface area contributed by atoms with Crippen LogP contribution in [0.4, 0.5) is 4.79 Å². The molecule has 0 saturated carbocycles. The van der Waals surface area contributed by atoms with Crippen molar-refractivity contribution in [2.45, 2.75) is 19.4 Å². The summed E-state index contributed by atoms with van der Waals surface area (Å²) in [5.41, 5.74) is 0. The third kappa shape index (κ3) is 3.99. The molecule has 1 saturated heterocycles. The molecule has 1 aromatic heterocycles. The van der Waals surface area contributed by atoms with Gasteiger partial charge < -0.3 is 14.7 Å². The van der Waals surface area contributed by atoms with Crippen LogP contribution >= 0.6 is 0 Å². The Morgan fingerprint density at radius 1 is 1.23 bits per heavy atom. The number of carbonyl (C=O) groups is 2. The SMILES string of the molecule is CN(C)C(=O)N1CCC(C(=O)N(C)CCn2cccn2)CC1. The summed E-state index contributed by atoms with van der Waals surface area (Å²) in [4.78, 5) is 29.5. The summed E-state index contributed by atoms with van der Waals surface area (Å²) >= 11 is 0. The van der Waals surface area contributed by atoms with Gasteiger partial charge in [-0.3, -0.25) is 9.48 Å². The first-order valence-corrected chi connectivity index (χ1v) is 7.67. The van der Waals surface area contributed by atoms with Crippen molar-refractivity contribution in [3.63, 3.8) is 0 Å². The highest BCUT2D eigenvalue weighted by Crippen LogP contribution is 2.20. The predicted molar refractivity (Wildman–Crippen MR) is 83.2 cm³/mol. The lowest BCUT2D eigenvalue weighted by molar-refractivity contribution is -0.135. The largest absolute Gasteiger partial charge is 0.344 e. The molecular formula is C15H25N5O2. The fourth-order valence-corrected chi connectivity index (χ4v) is 2.71. The second kappa shape index (κ2) is 7.29. The molecule has 1 aliphatic heterocycles. The lowest BCUT2D eigenvalue weighted by atomic mass is 9.95. The Morgan fingerprint density at radius 2 is 1.91 bits per heavy atom. The maximum Gasteiger partial charge on any atom is 0.319 e. The molecule has 0 unspecified atom stereocenters. The standard InChI is InChI=1S/C15H25N5O2/c1-17(2)15(22)19-9-5-13(6-10-19)14(21)18(3)11-12-20-8-4-7-16-20/h4,7-8,13H,5-6,9-12H2,1-3H3. The van der Waals surface area contributed by atoms with E-state index in [1.165, 1.54) is 0 Å². The molecule has 0 N–H and O–H groups in total. The summed E-state index contributed by atoms with van der Waals surface area (Å²) in [7, 11) is 5.34. The predicted octanol–water partition coefficient (Wildman–Crippen LogP) is 0.735. The molecule has 1 aromatic rings. The summed E-state index contributed by atoms with van der Waals surface area (Å²) in [5.74, 6) is 0.193. The molecule has 0 aromatic carbocycles. The molecule has 2 rings (SSSR count). The number of rotatable bonds is 4. The lowest BCUT2D eigenvalue weighted by Gasteiger charge is -2.34. The minimum absolute atomic E-state index is 0.0221. The van der Waals surface area contributed by atoms with Gasteiger partial charge in [0.2, 0.25) is 5.91 Å². The normalized spacial score (nSPS) is 15.7. The summed E-state index contributed by atoms with van der Waals surface area (Å²) < 4.78 is 1.82. The first-order chi connectivity index (χ1) is 10.5. The molecule has 1 fully saturated rings. The van der Waals surface area contributed by atoms with Gasteiger partial charge in [-0.25, -0.2) is 4.79 Å². The van der Waals surface area contributed by atoms with Crippen molar-refractivity contribution in [1.29, 1.82) is 0 Å². The quantitative estimate of drug-likeness (QED) is 0.824. The molecule has 0 aliphatic carbocycles. The van der Waals surface area contributed by atoms with E-state index in [9.17, 15) is 9.59 Å². The Hall–Kier alpha value is -2.05. The Kier molecular flexibility index (Phi) is 5.41. The van der Waals surface area contributed by atoms with Gasteiger partial charge in [0.15, 0.2) is 0 Å². The molecular weight excluding hydrogens is 282 g/mol. The number of amides is 3. The maximum atomic E-state index is 12.5. The van der Waals surface area contributed by atoms with Gasteiger partial charge in [-0.2, -0.15) is 5.10 Å². The smallest absolute Gasteiger partial charge is 0.319 e. The molecule has 7 nitrogen and oxygen atoms in total. The Morgan fingerprint density at radius 3 is 2.45 bits per heavy atom. The van der Waals surface area contributed by atoms with Crippen LogP contribution < -0.4 is 0 Å². The highest BCUT2D eigenvalue weighted by molar-refractivity contribution is 5.79. The van der Waals surface area contributed by atoms with Crippen LogP contribution in [-0.2, 0) is 11.3 Å². The van der Waals surface area contributed by atoms with Crippen LogP contribution in [0.15, 0.2) is 18.5 Å². The van der Waals surface area contributed by atoms with Crippen LogP contribution in [0, 0.1) is 5.92 Å². The third-order valence-corrected chi connectivity index (χ3v) is 4.10. The van der Waals surface area contributed by atoms with Crippen molar-refractivity contribution in [2.24, 2.45) is 5.92 Å². The number of hydrogen-bond donors (Lipinski definition) is 0. The van der Waals surface area contributed by atoms with Crippen molar-refractivity contribution in [1.82, 2.24) is 24.5 Å². The number of likely N-dealkylation sites (tertiary alicyclic amines) is 1. The van der Waals surface area contributed by atoms with Gasteiger partial charge >= 0.3 is 6.03 Å². The van der Waals surface area contributed by atoms with Crippen molar-refractivity contribution in [3.8, 4) is 0 Å². The number of urea groups is 1. The Balaban J connectivity index is 1.77. The van der Waals surface area contributed by atoms with Crippen LogP contribution in [0.5, 0.6) is 0 Å². The molecule has 2 heterocycles. The van der Waals surface area contributed by atoms with Crippen molar-refractivity contribution in [2.75, 3.05) is 40.8 Å². The van der Waals surface area contributed by atoms with Crippen LogP contribution in [-0.4, -0.2) is 77.2 Å². The van der Waals surface area contributed by atoms with E-state index in [4.69, 9.17) is 0 Å². The van der Waals surface area contributed by atoms with E-state index >= 15 is 0 Å². The van der Waals surface area contributed by atoms with Crippen LogP contribution in [0.1, 0.15) is 12.8 Å². The van der Waals surface area contributed by atoms with E-state index in [2.05, 4.69) is 5.10 Å². The van der Waals surface area contributed by atoms with Gasteiger partial charge in [-0.1, -0.05) is 0 Å². The summed E-state index contributed by atoms with van der Waals surface area (Å²) in [6, 6.07) is 1.90. The first kappa shape index (κ1) is 16.3. The van der Waals surface area contributed by atoms with Gasteiger partial charge in [0.1, 0.15) is 0 Å². The van der Waals surface area contributed by atoms with E-state index in [0.29, 0.717) is 26.2 Å². The van der Waals surface area contributed by atoms with Crippen molar-refractivity contribution < 1.29 is 9.59 Å². The van der Waals surface area contributed by atoms with Gasteiger partial charge in [0.05, 0.1) is 6.54 Å². The average molecular weight is 307 g/mol. The monoisotopic (exact) mass is 307 g/mol. The average Bonchev–Trinajstić information content (AvgIpc) is 3.04. The highest BCUT2D eigenvalue weighted by Gasteiger charge is 2.29. The van der Waals surface area contributed by atoms with Gasteiger partial charge in [-0.05, 0) is 18.9 Å². The number of likely N-dealkylation sites (N-methyl/N-ethyl adjacent to an activating group) is 1. The topological polar surface area (TPSA) is 61.7 Å². The summed E-state index contributed by atoms with van der Waals surface area (Å²) in [5, 5.41) is 4.14. The molecule has 0 bridgehead atoms. The molecule has 0 radical (unpaired) electrons. The molecule has 0 spiro atoms. The highest BCUT2D eigenvalue weighted by atomic mass is 16.2. The summed E-state index contributed by atoms with van der Waals surface area (Å²) in [6.07, 6.45) is 5.11. The fourth-order valence-electron chi connectivity index (χ4n) is 2.71. The molecule has 22 heavy (non-hydrogen) atoms. The van der Waals surface area contributed by atoms with Crippen LogP contribution in [0.2, 0.25) is 0 Å². The minimum atomic E-state index is 0.0221. The van der Waals surface area contributed by atoms with E-state index in [0.717, 1.165) is 12.8 Å². The third-order valence-electron chi connectivity index (χ3n) is 4.10. The van der Waals surface area contributed by atoms with Crippen molar-refractivity contribution >= 4 is 11.9 Å². The lowest BCUT2D eigenvalue weighted by Crippen LogP contribution is -2.47. The van der Waals surface area contributed by atoms with E-state index in [1.54, 1.807) is 30.1 Å². The van der Waals surface area contributed by atoms with Gasteiger partial charge in [0.25, 0.3) is 0 Å². The molecule has 1 aliphatic rings. The summed E-state index contributed by atoms with van der Waals surface area (Å²) in [6.45, 7) is 2.66. The number of hydrogen-bond acceptors (Lipinski definition) is 3. The Labute approximate surface area is 131 Å². The second-order valence-electron chi connectivity index (χ2n) is 5.97. The molecule has 0 atom stereocenters. The van der Waals surface area contributed by atoms with Crippen LogP contribution in [0.3, 0.4) is 0 Å². The zero-order valence-electron chi connectivity index (χ0n) is 13.6. The number of piperidine rings is 1. The molecule has 122 valence electrons. The second-order valence-corrected chi connectivity index (χ2v) is 5.97. The van der Waals surface area contributed by atoms with E-state index in [1.807, 2.05) is 28.9 Å². The Bertz CT molecular complexity index is 492. The zero-order chi connectivity index (χ0) is 16.1. The first-order valence-electron chi connectivity index (χ1n) is 7.67. The minimum Gasteiger partial charge on any atom is -0.344 e. The fraction of sp³-hybridized carbons (Fsp3) is 0.667. The zero-order valence-corrected chi connectivity index (χ0v) is 13.6. The molecule has 3 amide bonds. The van der Waals surface area contributed by atoms with Crippen LogP contribution in [0.25, 0.3) is 0 Å². The van der Waals surface area contributed by atoms with Gasteiger partial charge in [0, 0.05) is 59.1 Å². The van der Waals surface area contributed by atoms with E-state index < -0.39 is 0 Å². The van der Waals surface area contributed by atoms with Crippen molar-refractivity contribution in [3.05, 3.63) is 18.5 Å². The number of carbonyl (C=O) groups excluding carboxylic acids is 2. The van der Waals surface area contributed by atoms with E-state index in [-0.39, 0.29) is 17.9 Å². The van der Waals surface area contributed by atoms with Gasteiger partial charge in [-0.15, -0.1) is 0 Å². The number of aromatic nitrogens is 2. The molecule has 7 heteroatoms. The number of nitrogens with zero attached hydrogens (tertiary/aromatic N) is 5. The maximum absolute atomic E-state index is 12.5.